The van der Waals surface area contributed by atoms with Gasteiger partial charge in [0, 0.05) is 20.6 Å². The monoisotopic (exact) mass is 278 g/mol. The van der Waals surface area contributed by atoms with E-state index in [1.165, 1.54) is 12.8 Å². The largest absolute Gasteiger partial charge is 0.383 e. The van der Waals surface area contributed by atoms with Gasteiger partial charge in [0.2, 0.25) is 5.91 Å². The molecule has 0 spiro atoms. The predicted molar refractivity (Wildman–Crippen MR) is 76.2 cm³/mol. The second-order valence-electron chi connectivity index (χ2n) is 5.04. The second-order valence-corrected chi connectivity index (χ2v) is 5.04. The summed E-state index contributed by atoms with van der Waals surface area (Å²) < 4.78 is 5.07. The highest BCUT2D eigenvalue weighted by molar-refractivity contribution is 5.85. The Bertz CT molecular complexity index is 233. The first-order valence-electron chi connectivity index (χ1n) is 6.60. The fraction of sp³-hybridized carbons (Fsp3) is 0.923. The number of likely N-dealkylation sites (N-methyl/N-ethyl adjacent to an activating group) is 1. The number of halogens is 1. The molecule has 1 rings (SSSR count). The molecule has 0 aromatic heterocycles. The van der Waals surface area contributed by atoms with Gasteiger partial charge in [0.1, 0.15) is 0 Å². The maximum Gasteiger partial charge on any atom is 0.222 e. The van der Waals surface area contributed by atoms with E-state index in [0.717, 1.165) is 25.4 Å². The van der Waals surface area contributed by atoms with Gasteiger partial charge in [-0.15, -0.1) is 12.4 Å². The highest BCUT2D eigenvalue weighted by Crippen LogP contribution is 2.18. The van der Waals surface area contributed by atoms with Crippen molar-refractivity contribution in [3.63, 3.8) is 0 Å². The van der Waals surface area contributed by atoms with Crippen LogP contribution in [0.25, 0.3) is 0 Å². The molecule has 1 saturated heterocycles. The number of carbonyl (C=O) groups excluding carboxylic acids is 1. The molecule has 1 N–H and O–H groups in total. The van der Waals surface area contributed by atoms with Gasteiger partial charge in [0.05, 0.1) is 12.6 Å². The molecule has 1 aliphatic heterocycles. The SMILES string of the molecule is COCC(C)N(C)C(=O)CCC1CCNCC1.Cl. The average molecular weight is 279 g/mol. The van der Waals surface area contributed by atoms with Crippen molar-refractivity contribution in [2.75, 3.05) is 33.9 Å². The minimum Gasteiger partial charge on any atom is -0.383 e. The first kappa shape index (κ1) is 17.7. The predicted octanol–water partition coefficient (Wildman–Crippen LogP) is 1.68. The van der Waals surface area contributed by atoms with Crippen LogP contribution in [0.15, 0.2) is 0 Å². The molecule has 1 atom stereocenters. The maximum absolute atomic E-state index is 12.0. The first-order valence-corrected chi connectivity index (χ1v) is 6.60. The van der Waals surface area contributed by atoms with Crippen LogP contribution in [0.3, 0.4) is 0 Å². The van der Waals surface area contributed by atoms with Crippen molar-refractivity contribution in [2.24, 2.45) is 5.92 Å². The highest BCUT2D eigenvalue weighted by atomic mass is 35.5. The van der Waals surface area contributed by atoms with Crippen molar-refractivity contribution in [3.8, 4) is 0 Å². The number of methoxy groups -OCH3 is 1. The van der Waals surface area contributed by atoms with Crippen molar-refractivity contribution < 1.29 is 9.53 Å². The fourth-order valence-corrected chi connectivity index (χ4v) is 2.27. The summed E-state index contributed by atoms with van der Waals surface area (Å²) in [6.45, 7) is 4.84. The number of piperidine rings is 1. The van der Waals surface area contributed by atoms with Gasteiger partial charge < -0.3 is 15.0 Å². The van der Waals surface area contributed by atoms with E-state index < -0.39 is 0 Å². The zero-order chi connectivity index (χ0) is 12.7. The minimum atomic E-state index is 0. The summed E-state index contributed by atoms with van der Waals surface area (Å²) in [6, 6.07) is 0.167. The van der Waals surface area contributed by atoms with Crippen molar-refractivity contribution in [1.29, 1.82) is 0 Å². The van der Waals surface area contributed by atoms with Gasteiger partial charge in [-0.1, -0.05) is 0 Å². The lowest BCUT2D eigenvalue weighted by Gasteiger charge is -2.26. The first-order chi connectivity index (χ1) is 8.15. The molecule has 0 radical (unpaired) electrons. The minimum absolute atomic E-state index is 0. The zero-order valence-corrected chi connectivity index (χ0v) is 12.6. The van der Waals surface area contributed by atoms with E-state index in [-0.39, 0.29) is 24.4 Å². The van der Waals surface area contributed by atoms with E-state index in [0.29, 0.717) is 13.0 Å². The van der Waals surface area contributed by atoms with Gasteiger partial charge in [-0.3, -0.25) is 4.79 Å². The molecular weight excluding hydrogens is 252 g/mol. The summed E-state index contributed by atoms with van der Waals surface area (Å²) in [6.07, 6.45) is 4.13. The van der Waals surface area contributed by atoms with Gasteiger partial charge in [-0.2, -0.15) is 0 Å². The molecule has 0 aromatic carbocycles. The number of nitrogens with zero attached hydrogens (tertiary/aromatic N) is 1. The molecule has 4 nitrogen and oxygen atoms in total. The van der Waals surface area contributed by atoms with Crippen LogP contribution < -0.4 is 5.32 Å². The molecule has 0 bridgehead atoms. The number of nitrogens with one attached hydrogen (secondary N) is 1. The third-order valence-corrected chi connectivity index (χ3v) is 3.69. The lowest BCUT2D eigenvalue weighted by atomic mass is 9.93. The van der Waals surface area contributed by atoms with Crippen LogP contribution >= 0.6 is 12.4 Å². The Labute approximate surface area is 117 Å². The zero-order valence-electron chi connectivity index (χ0n) is 11.8. The van der Waals surface area contributed by atoms with E-state index in [9.17, 15) is 4.79 Å². The van der Waals surface area contributed by atoms with Crippen molar-refractivity contribution in [3.05, 3.63) is 0 Å². The third kappa shape index (κ3) is 6.03. The smallest absolute Gasteiger partial charge is 0.222 e. The van der Waals surface area contributed by atoms with Gasteiger partial charge in [0.25, 0.3) is 0 Å². The van der Waals surface area contributed by atoms with E-state index in [4.69, 9.17) is 4.74 Å². The van der Waals surface area contributed by atoms with Crippen LogP contribution in [-0.2, 0) is 9.53 Å². The van der Waals surface area contributed by atoms with E-state index in [2.05, 4.69) is 5.32 Å². The Morgan fingerprint density at radius 3 is 2.61 bits per heavy atom. The van der Waals surface area contributed by atoms with Gasteiger partial charge in [-0.25, -0.2) is 0 Å². The number of ether oxygens (including phenoxy) is 1. The van der Waals surface area contributed by atoms with Crippen molar-refractivity contribution in [2.45, 2.75) is 38.6 Å². The molecule has 18 heavy (non-hydrogen) atoms. The number of hydrogen-bond donors (Lipinski definition) is 1. The quantitative estimate of drug-likeness (QED) is 0.804. The maximum atomic E-state index is 12.0. The van der Waals surface area contributed by atoms with Crippen LogP contribution in [0, 0.1) is 5.92 Å². The molecule has 1 aliphatic rings. The Morgan fingerprint density at radius 1 is 1.44 bits per heavy atom. The Kier molecular flexibility index (Phi) is 9.42. The Hall–Kier alpha value is -0.320. The number of amides is 1. The second kappa shape index (κ2) is 9.59. The topological polar surface area (TPSA) is 41.6 Å². The molecule has 0 saturated carbocycles. The van der Waals surface area contributed by atoms with Crippen LogP contribution in [0.1, 0.15) is 32.6 Å². The standard InChI is InChI=1S/C13H26N2O2.ClH/c1-11(10-17-3)15(2)13(16)5-4-12-6-8-14-9-7-12;/h11-12,14H,4-10H2,1-3H3;1H. The number of rotatable bonds is 6. The summed E-state index contributed by atoms with van der Waals surface area (Å²) in [5.41, 5.74) is 0. The van der Waals surface area contributed by atoms with Gasteiger partial charge >= 0.3 is 0 Å². The number of hydrogen-bond acceptors (Lipinski definition) is 3. The molecule has 1 unspecified atom stereocenters. The summed E-state index contributed by atoms with van der Waals surface area (Å²) in [7, 11) is 3.54. The fourth-order valence-electron chi connectivity index (χ4n) is 2.27. The van der Waals surface area contributed by atoms with E-state index >= 15 is 0 Å². The summed E-state index contributed by atoms with van der Waals surface area (Å²) in [5.74, 6) is 0.972. The lowest BCUT2D eigenvalue weighted by Crippen LogP contribution is -2.38. The van der Waals surface area contributed by atoms with E-state index in [1.807, 2.05) is 18.9 Å². The summed E-state index contributed by atoms with van der Waals surface area (Å²) in [4.78, 5) is 13.8. The molecule has 1 fully saturated rings. The summed E-state index contributed by atoms with van der Waals surface area (Å²) >= 11 is 0. The molecule has 0 aromatic rings. The normalized spacial score (nSPS) is 17.9. The Morgan fingerprint density at radius 2 is 2.06 bits per heavy atom. The number of carbonyl (C=O) groups is 1. The molecular formula is C13H27ClN2O2. The lowest BCUT2D eigenvalue weighted by molar-refractivity contribution is -0.132. The van der Waals surface area contributed by atoms with E-state index in [1.54, 1.807) is 7.11 Å². The molecule has 5 heteroatoms. The highest BCUT2D eigenvalue weighted by Gasteiger charge is 2.18. The van der Waals surface area contributed by atoms with Crippen LogP contribution in [0.2, 0.25) is 0 Å². The van der Waals surface area contributed by atoms with Gasteiger partial charge in [0.15, 0.2) is 0 Å². The van der Waals surface area contributed by atoms with Gasteiger partial charge in [-0.05, 0) is 45.2 Å². The van der Waals surface area contributed by atoms with Crippen molar-refractivity contribution in [1.82, 2.24) is 10.2 Å². The molecule has 1 heterocycles. The summed E-state index contributed by atoms with van der Waals surface area (Å²) in [5, 5.41) is 3.35. The molecule has 0 aliphatic carbocycles. The van der Waals surface area contributed by atoms with Crippen LogP contribution in [0.4, 0.5) is 0 Å². The molecule has 108 valence electrons. The molecule has 1 amide bonds. The average Bonchev–Trinajstić information content (AvgIpc) is 2.36. The van der Waals surface area contributed by atoms with Crippen LogP contribution in [0.5, 0.6) is 0 Å². The Balaban J connectivity index is 0.00000289. The third-order valence-electron chi connectivity index (χ3n) is 3.69. The van der Waals surface area contributed by atoms with Crippen molar-refractivity contribution >= 4 is 18.3 Å². The van der Waals surface area contributed by atoms with Crippen LogP contribution in [-0.4, -0.2) is 50.7 Å².